The molecule has 0 radical (unpaired) electrons. The Labute approximate surface area is 155 Å². The minimum atomic E-state index is -0.0546. The Morgan fingerprint density at radius 1 is 0.962 bits per heavy atom. The number of hydrazine groups is 1. The van der Waals surface area contributed by atoms with Crippen molar-refractivity contribution in [1.82, 2.24) is 15.8 Å². The summed E-state index contributed by atoms with van der Waals surface area (Å²) in [6.45, 7) is 6.10. The second-order valence-electron chi connectivity index (χ2n) is 7.17. The lowest BCUT2D eigenvalue weighted by atomic mass is 9.93. The van der Waals surface area contributed by atoms with Gasteiger partial charge in [-0.05, 0) is 24.6 Å². The molecular weight excluding hydrogens is 324 g/mol. The molecule has 2 aromatic carbocycles. The maximum Gasteiger partial charge on any atom is 0.229 e. The quantitative estimate of drug-likeness (QED) is 0.890. The summed E-state index contributed by atoms with van der Waals surface area (Å²) in [5.41, 5.74) is 10.1. The fourth-order valence-corrected chi connectivity index (χ4v) is 3.87. The van der Waals surface area contributed by atoms with Crippen molar-refractivity contribution in [2.45, 2.75) is 13.0 Å². The number of amides is 1. The zero-order valence-electron chi connectivity index (χ0n) is 15.2. The molecule has 2 N–H and O–H groups in total. The third-order valence-electron chi connectivity index (χ3n) is 5.45. The highest BCUT2D eigenvalue weighted by molar-refractivity contribution is 5.80. The zero-order chi connectivity index (χ0) is 17.9. The SMILES string of the molecule is Cc1ccc(C2NNCC2C(=O)N2CCN(c3ccccc3)CC2)cc1. The smallest absolute Gasteiger partial charge is 0.229 e. The molecule has 2 aliphatic heterocycles. The van der Waals surface area contributed by atoms with Crippen LogP contribution in [0.3, 0.4) is 0 Å². The lowest BCUT2D eigenvalue weighted by Gasteiger charge is -2.37. The standard InChI is InChI=1S/C21H26N4O/c1-16-7-9-17(10-8-16)20-19(15-22-23-20)21(26)25-13-11-24(12-14-25)18-5-3-2-4-6-18/h2-10,19-20,22-23H,11-15H2,1H3. The average molecular weight is 350 g/mol. The van der Waals surface area contributed by atoms with Crippen LogP contribution in [0.5, 0.6) is 0 Å². The molecule has 0 saturated carbocycles. The van der Waals surface area contributed by atoms with Crippen molar-refractivity contribution in [1.29, 1.82) is 0 Å². The van der Waals surface area contributed by atoms with E-state index in [0.717, 1.165) is 26.2 Å². The van der Waals surface area contributed by atoms with E-state index in [0.29, 0.717) is 6.54 Å². The predicted molar refractivity (Wildman–Crippen MR) is 104 cm³/mol. The molecule has 2 aliphatic rings. The van der Waals surface area contributed by atoms with Crippen LogP contribution in [-0.2, 0) is 4.79 Å². The molecule has 2 unspecified atom stereocenters. The van der Waals surface area contributed by atoms with Crippen molar-refractivity contribution in [3.63, 3.8) is 0 Å². The summed E-state index contributed by atoms with van der Waals surface area (Å²) in [6, 6.07) is 18.9. The number of carbonyl (C=O) groups is 1. The zero-order valence-corrected chi connectivity index (χ0v) is 15.2. The monoisotopic (exact) mass is 350 g/mol. The van der Waals surface area contributed by atoms with Gasteiger partial charge >= 0.3 is 0 Å². The second kappa shape index (κ2) is 7.48. The first-order valence-corrected chi connectivity index (χ1v) is 9.36. The second-order valence-corrected chi connectivity index (χ2v) is 7.17. The molecule has 136 valence electrons. The summed E-state index contributed by atoms with van der Waals surface area (Å²) in [5.74, 6) is 0.196. The third kappa shape index (κ3) is 3.45. The summed E-state index contributed by atoms with van der Waals surface area (Å²) in [7, 11) is 0. The number of anilines is 1. The molecule has 2 aromatic rings. The number of rotatable bonds is 3. The first-order valence-electron chi connectivity index (χ1n) is 9.36. The lowest BCUT2D eigenvalue weighted by molar-refractivity contribution is -0.135. The fraction of sp³-hybridized carbons (Fsp3) is 0.381. The Morgan fingerprint density at radius 2 is 1.65 bits per heavy atom. The Balaban J connectivity index is 1.40. The van der Waals surface area contributed by atoms with E-state index < -0.39 is 0 Å². The molecular formula is C21H26N4O. The van der Waals surface area contributed by atoms with Crippen LogP contribution in [-0.4, -0.2) is 43.5 Å². The van der Waals surface area contributed by atoms with Crippen molar-refractivity contribution >= 4 is 11.6 Å². The number of piperazine rings is 1. The molecule has 2 heterocycles. The maximum absolute atomic E-state index is 13.1. The van der Waals surface area contributed by atoms with Crippen LogP contribution >= 0.6 is 0 Å². The number of aryl methyl sites for hydroxylation is 1. The lowest BCUT2D eigenvalue weighted by Crippen LogP contribution is -2.51. The van der Waals surface area contributed by atoms with E-state index in [1.165, 1.54) is 16.8 Å². The highest BCUT2D eigenvalue weighted by Crippen LogP contribution is 2.27. The normalized spacial score (nSPS) is 23.3. The van der Waals surface area contributed by atoms with E-state index in [9.17, 15) is 4.79 Å². The van der Waals surface area contributed by atoms with E-state index >= 15 is 0 Å². The maximum atomic E-state index is 13.1. The van der Waals surface area contributed by atoms with Crippen LogP contribution in [0.4, 0.5) is 5.69 Å². The van der Waals surface area contributed by atoms with Gasteiger partial charge in [-0.1, -0.05) is 48.0 Å². The van der Waals surface area contributed by atoms with Gasteiger partial charge in [0.25, 0.3) is 0 Å². The van der Waals surface area contributed by atoms with Gasteiger partial charge in [0.2, 0.25) is 5.91 Å². The molecule has 0 bridgehead atoms. The van der Waals surface area contributed by atoms with Crippen LogP contribution in [0.15, 0.2) is 54.6 Å². The molecule has 0 aliphatic carbocycles. The number of carbonyl (C=O) groups excluding carboxylic acids is 1. The van der Waals surface area contributed by atoms with E-state index in [1.807, 2.05) is 11.0 Å². The van der Waals surface area contributed by atoms with Gasteiger partial charge in [0.05, 0.1) is 12.0 Å². The summed E-state index contributed by atoms with van der Waals surface area (Å²) >= 11 is 0. The number of benzene rings is 2. The molecule has 0 spiro atoms. The van der Waals surface area contributed by atoms with Gasteiger partial charge in [-0.2, -0.15) is 0 Å². The first-order chi connectivity index (χ1) is 12.7. The summed E-state index contributed by atoms with van der Waals surface area (Å²) in [6.07, 6.45) is 0. The third-order valence-corrected chi connectivity index (χ3v) is 5.45. The highest BCUT2D eigenvalue weighted by atomic mass is 16.2. The van der Waals surface area contributed by atoms with Gasteiger partial charge in [0.1, 0.15) is 0 Å². The van der Waals surface area contributed by atoms with Gasteiger partial charge in [-0.25, -0.2) is 5.43 Å². The minimum Gasteiger partial charge on any atom is -0.368 e. The number of hydrogen-bond acceptors (Lipinski definition) is 4. The van der Waals surface area contributed by atoms with Crippen molar-refractivity contribution < 1.29 is 4.79 Å². The largest absolute Gasteiger partial charge is 0.368 e. The van der Waals surface area contributed by atoms with Crippen molar-refractivity contribution in [2.24, 2.45) is 5.92 Å². The molecule has 0 aromatic heterocycles. The average Bonchev–Trinajstić information content (AvgIpc) is 3.19. The van der Waals surface area contributed by atoms with E-state index in [4.69, 9.17) is 0 Å². The van der Waals surface area contributed by atoms with Crippen LogP contribution in [0, 0.1) is 12.8 Å². The van der Waals surface area contributed by atoms with Crippen LogP contribution in [0.25, 0.3) is 0 Å². The predicted octanol–water partition coefficient (Wildman–Crippen LogP) is 2.11. The first kappa shape index (κ1) is 17.1. The Kier molecular flexibility index (Phi) is 4.91. The number of para-hydroxylation sites is 1. The molecule has 5 heteroatoms. The summed E-state index contributed by atoms with van der Waals surface area (Å²) in [4.78, 5) is 17.5. The van der Waals surface area contributed by atoms with E-state index in [2.05, 4.69) is 71.2 Å². The van der Waals surface area contributed by atoms with Gasteiger partial charge in [0.15, 0.2) is 0 Å². The van der Waals surface area contributed by atoms with E-state index in [-0.39, 0.29) is 17.9 Å². The van der Waals surface area contributed by atoms with Crippen molar-refractivity contribution in [3.8, 4) is 0 Å². The topological polar surface area (TPSA) is 47.6 Å². The molecule has 2 atom stereocenters. The van der Waals surface area contributed by atoms with Gasteiger partial charge in [-0.15, -0.1) is 0 Å². The summed E-state index contributed by atoms with van der Waals surface area (Å²) in [5, 5.41) is 0. The number of nitrogens with zero attached hydrogens (tertiary/aromatic N) is 2. The molecule has 2 saturated heterocycles. The van der Waals surface area contributed by atoms with Gasteiger partial charge in [-0.3, -0.25) is 10.2 Å². The van der Waals surface area contributed by atoms with Crippen LogP contribution in [0.1, 0.15) is 17.2 Å². The van der Waals surface area contributed by atoms with Crippen molar-refractivity contribution in [2.75, 3.05) is 37.6 Å². The van der Waals surface area contributed by atoms with Gasteiger partial charge < -0.3 is 9.80 Å². The number of hydrogen-bond donors (Lipinski definition) is 2. The van der Waals surface area contributed by atoms with E-state index in [1.54, 1.807) is 0 Å². The molecule has 2 fully saturated rings. The van der Waals surface area contributed by atoms with Gasteiger partial charge in [0, 0.05) is 38.4 Å². The minimum absolute atomic E-state index is 0.0373. The summed E-state index contributed by atoms with van der Waals surface area (Å²) < 4.78 is 0. The fourth-order valence-electron chi connectivity index (χ4n) is 3.87. The molecule has 5 nitrogen and oxygen atoms in total. The van der Waals surface area contributed by atoms with Crippen molar-refractivity contribution in [3.05, 3.63) is 65.7 Å². The Hall–Kier alpha value is -2.37. The Bertz CT molecular complexity index is 738. The number of nitrogens with one attached hydrogen (secondary N) is 2. The van der Waals surface area contributed by atoms with Crippen LogP contribution < -0.4 is 15.8 Å². The molecule has 26 heavy (non-hydrogen) atoms. The molecule has 4 rings (SSSR count). The molecule has 1 amide bonds. The Morgan fingerprint density at radius 3 is 2.35 bits per heavy atom. The van der Waals surface area contributed by atoms with Crippen LogP contribution in [0.2, 0.25) is 0 Å². The highest BCUT2D eigenvalue weighted by Gasteiger charge is 2.37.